The zero-order chi connectivity index (χ0) is 23.4. The van der Waals surface area contributed by atoms with E-state index in [0.29, 0.717) is 18.5 Å². The number of halogens is 1. The van der Waals surface area contributed by atoms with Crippen molar-refractivity contribution in [2.45, 2.75) is 37.8 Å². The lowest BCUT2D eigenvalue weighted by Gasteiger charge is -2.43. The molecule has 1 fully saturated rings. The third-order valence-corrected chi connectivity index (χ3v) is 6.24. The lowest BCUT2D eigenvalue weighted by atomic mass is 9.84. The number of pyridine rings is 1. The first-order valence-electron chi connectivity index (χ1n) is 10.9. The number of cyclic esters (lactones) is 1. The molecule has 170 valence electrons. The van der Waals surface area contributed by atoms with Crippen molar-refractivity contribution in [3.8, 4) is 11.3 Å². The van der Waals surface area contributed by atoms with Crippen molar-refractivity contribution < 1.29 is 18.7 Å². The molecule has 0 radical (unpaired) electrons. The highest BCUT2D eigenvalue weighted by molar-refractivity contribution is 5.74. The van der Waals surface area contributed by atoms with E-state index in [2.05, 4.69) is 4.98 Å². The minimum atomic E-state index is -1.02. The molecule has 4 rings (SSSR count). The number of ether oxygens (including phenoxy) is 1. The zero-order valence-electron chi connectivity index (χ0n) is 18.4. The van der Waals surface area contributed by atoms with Gasteiger partial charge in [0.05, 0.1) is 11.7 Å². The second kappa shape index (κ2) is 9.40. The summed E-state index contributed by atoms with van der Waals surface area (Å²) in [5.41, 5.74) is 7.85. The van der Waals surface area contributed by atoms with Crippen LogP contribution >= 0.6 is 0 Å². The fourth-order valence-corrected chi connectivity index (χ4v) is 4.27. The number of primary amides is 1. The summed E-state index contributed by atoms with van der Waals surface area (Å²) in [7, 11) is 0. The third kappa shape index (κ3) is 4.87. The van der Waals surface area contributed by atoms with Crippen LogP contribution in [0.2, 0.25) is 0 Å². The van der Waals surface area contributed by atoms with Crippen molar-refractivity contribution in [1.29, 1.82) is 0 Å². The molecule has 33 heavy (non-hydrogen) atoms. The molecule has 1 aliphatic rings. The van der Waals surface area contributed by atoms with Gasteiger partial charge in [-0.25, -0.2) is 9.18 Å². The Balaban J connectivity index is 1.52. The van der Waals surface area contributed by atoms with E-state index in [-0.39, 0.29) is 24.7 Å². The largest absolute Gasteiger partial charge is 0.438 e. The van der Waals surface area contributed by atoms with Crippen LogP contribution in [0, 0.1) is 5.82 Å². The van der Waals surface area contributed by atoms with Gasteiger partial charge in [0, 0.05) is 37.6 Å². The Hall–Kier alpha value is -3.74. The molecule has 2 N–H and O–H groups in total. The molecule has 1 aliphatic heterocycles. The second-order valence-corrected chi connectivity index (χ2v) is 8.29. The number of rotatable bonds is 7. The summed E-state index contributed by atoms with van der Waals surface area (Å²) in [4.78, 5) is 30.6. The van der Waals surface area contributed by atoms with Gasteiger partial charge >= 0.3 is 6.09 Å². The lowest BCUT2D eigenvalue weighted by molar-refractivity contribution is -0.121. The van der Waals surface area contributed by atoms with Crippen molar-refractivity contribution in [2.24, 2.45) is 5.73 Å². The highest BCUT2D eigenvalue weighted by atomic mass is 19.1. The maximum Gasteiger partial charge on any atom is 0.411 e. The summed E-state index contributed by atoms with van der Waals surface area (Å²) >= 11 is 0. The molecule has 7 heteroatoms. The molecule has 2 aromatic carbocycles. The average Bonchev–Trinajstić information content (AvgIpc) is 2.83. The molecular formula is C26H26FN3O3. The van der Waals surface area contributed by atoms with Crippen molar-refractivity contribution in [1.82, 2.24) is 9.88 Å². The normalized spacial score (nSPS) is 19.1. The summed E-state index contributed by atoms with van der Waals surface area (Å²) < 4.78 is 19.4. The Morgan fingerprint density at radius 2 is 1.88 bits per heavy atom. The van der Waals surface area contributed by atoms with Gasteiger partial charge in [0.25, 0.3) is 0 Å². The summed E-state index contributed by atoms with van der Waals surface area (Å²) in [6, 6.07) is 19.3. The number of aromatic nitrogens is 1. The summed E-state index contributed by atoms with van der Waals surface area (Å²) in [6.45, 7) is 2.38. The SMILES string of the molecule is C[C@@H](c1ccc(-c2ccccn2)cc1)N1CC[C@](CCC(N)=O)(c2ccc(F)cc2)OC1=O. The monoisotopic (exact) mass is 447 g/mol. The van der Waals surface area contributed by atoms with Crippen molar-refractivity contribution >= 4 is 12.0 Å². The van der Waals surface area contributed by atoms with Gasteiger partial charge in [-0.15, -0.1) is 0 Å². The fourth-order valence-electron chi connectivity index (χ4n) is 4.27. The number of nitrogens with two attached hydrogens (primary N) is 1. The van der Waals surface area contributed by atoms with Crippen LogP contribution in [0.5, 0.6) is 0 Å². The Bertz CT molecular complexity index is 1120. The predicted octanol–water partition coefficient (Wildman–Crippen LogP) is 4.95. The molecule has 1 saturated heterocycles. The summed E-state index contributed by atoms with van der Waals surface area (Å²) in [5, 5.41) is 0. The van der Waals surface area contributed by atoms with Crippen LogP contribution in [-0.2, 0) is 15.1 Å². The van der Waals surface area contributed by atoms with E-state index in [4.69, 9.17) is 10.5 Å². The molecule has 2 heterocycles. The number of hydrogen-bond acceptors (Lipinski definition) is 4. The van der Waals surface area contributed by atoms with Crippen LogP contribution in [-0.4, -0.2) is 28.4 Å². The molecule has 0 bridgehead atoms. The van der Waals surface area contributed by atoms with E-state index in [1.807, 2.05) is 49.4 Å². The molecule has 1 aromatic heterocycles. The Morgan fingerprint density at radius 3 is 2.48 bits per heavy atom. The van der Waals surface area contributed by atoms with Gasteiger partial charge in [-0.1, -0.05) is 42.5 Å². The standard InChI is InChI=1S/C26H26FN3O3/c1-18(19-5-7-20(8-6-19)23-4-2-3-16-29-23)30-17-15-26(33-25(30)32,14-13-24(28)31)21-9-11-22(27)12-10-21/h2-12,16,18H,13-15,17H2,1H3,(H2,28,31)/t18-,26+/m0/s1. The fraction of sp³-hybridized carbons (Fsp3) is 0.269. The third-order valence-electron chi connectivity index (χ3n) is 6.24. The first-order chi connectivity index (χ1) is 15.9. The first-order valence-corrected chi connectivity index (χ1v) is 10.9. The van der Waals surface area contributed by atoms with Gasteiger partial charge in [0.2, 0.25) is 5.91 Å². The lowest BCUT2D eigenvalue weighted by Crippen LogP contribution is -2.49. The van der Waals surface area contributed by atoms with E-state index in [1.165, 1.54) is 12.1 Å². The molecule has 6 nitrogen and oxygen atoms in total. The Morgan fingerprint density at radius 1 is 1.15 bits per heavy atom. The van der Waals surface area contributed by atoms with Gasteiger partial charge in [-0.3, -0.25) is 9.78 Å². The van der Waals surface area contributed by atoms with Crippen LogP contribution in [0.25, 0.3) is 11.3 Å². The smallest absolute Gasteiger partial charge is 0.411 e. The van der Waals surface area contributed by atoms with E-state index < -0.39 is 17.6 Å². The molecular weight excluding hydrogens is 421 g/mol. The first kappa shape index (κ1) is 22.5. The quantitative estimate of drug-likeness (QED) is 0.555. The molecule has 2 atom stereocenters. The molecule has 0 saturated carbocycles. The highest BCUT2D eigenvalue weighted by Crippen LogP contribution is 2.40. The van der Waals surface area contributed by atoms with E-state index in [0.717, 1.165) is 16.8 Å². The maximum absolute atomic E-state index is 13.5. The van der Waals surface area contributed by atoms with Gasteiger partial charge in [0.15, 0.2) is 0 Å². The minimum Gasteiger partial charge on any atom is -0.438 e. The van der Waals surface area contributed by atoms with Crippen LogP contribution in [0.4, 0.5) is 9.18 Å². The Kier molecular flexibility index (Phi) is 6.40. The van der Waals surface area contributed by atoms with Crippen LogP contribution in [0.3, 0.4) is 0 Å². The van der Waals surface area contributed by atoms with Crippen molar-refractivity contribution in [3.05, 3.63) is 89.9 Å². The van der Waals surface area contributed by atoms with Gasteiger partial charge < -0.3 is 15.4 Å². The molecule has 0 spiro atoms. The molecule has 3 aromatic rings. The van der Waals surface area contributed by atoms with E-state index in [1.54, 1.807) is 23.2 Å². The number of carbonyl (C=O) groups excluding carboxylic acids is 2. The molecule has 0 unspecified atom stereocenters. The van der Waals surface area contributed by atoms with E-state index >= 15 is 0 Å². The minimum absolute atomic E-state index is 0.0647. The van der Waals surface area contributed by atoms with Crippen molar-refractivity contribution in [3.63, 3.8) is 0 Å². The van der Waals surface area contributed by atoms with Crippen LogP contribution in [0.1, 0.15) is 43.4 Å². The average molecular weight is 448 g/mol. The topological polar surface area (TPSA) is 85.5 Å². The number of benzene rings is 2. The Labute approximate surface area is 192 Å². The van der Waals surface area contributed by atoms with Gasteiger partial charge in [0.1, 0.15) is 11.4 Å². The van der Waals surface area contributed by atoms with Gasteiger partial charge in [-0.05, 0) is 42.3 Å². The molecule has 2 amide bonds. The number of amides is 2. The van der Waals surface area contributed by atoms with Crippen molar-refractivity contribution in [2.75, 3.05) is 6.54 Å². The molecule has 0 aliphatic carbocycles. The highest BCUT2D eigenvalue weighted by Gasteiger charge is 2.43. The van der Waals surface area contributed by atoms with Crippen LogP contribution in [0.15, 0.2) is 72.9 Å². The zero-order valence-corrected chi connectivity index (χ0v) is 18.4. The second-order valence-electron chi connectivity index (χ2n) is 8.29. The maximum atomic E-state index is 13.5. The van der Waals surface area contributed by atoms with Crippen LogP contribution < -0.4 is 5.73 Å². The van der Waals surface area contributed by atoms with Gasteiger partial charge in [-0.2, -0.15) is 0 Å². The predicted molar refractivity (Wildman–Crippen MR) is 122 cm³/mol. The summed E-state index contributed by atoms with van der Waals surface area (Å²) in [6.07, 6.45) is 2.06. The number of carbonyl (C=O) groups is 2. The van der Waals surface area contributed by atoms with E-state index in [9.17, 15) is 14.0 Å². The number of nitrogens with zero attached hydrogens (tertiary/aromatic N) is 2. The summed E-state index contributed by atoms with van der Waals surface area (Å²) in [5.74, 6) is -0.855. The number of hydrogen-bond donors (Lipinski definition) is 1.